The minimum absolute atomic E-state index is 0.118. The molecule has 1 aromatic carbocycles. The standard InChI is InChI=1S/C12H10N2O3/c1-2-7-13-11-6-4-3-5-9(11)10(12(13)15)8-14(16)17/h2-6,8H,1,7H2. The molecule has 5 heteroatoms. The van der Waals surface area contributed by atoms with Crippen molar-refractivity contribution in [1.29, 1.82) is 0 Å². The molecule has 0 aliphatic carbocycles. The number of hydrogen-bond donors (Lipinski definition) is 0. The lowest BCUT2D eigenvalue weighted by atomic mass is 10.1. The number of carbonyl (C=O) groups is 1. The quantitative estimate of drug-likeness (QED) is 0.344. The third-order valence-corrected chi connectivity index (χ3v) is 2.51. The lowest BCUT2D eigenvalue weighted by Gasteiger charge is -2.13. The SMILES string of the molecule is C=CCN1C(=O)C(=C[N+](=O)[O-])c2ccccc21. The molecule has 0 atom stereocenters. The molecule has 1 heterocycles. The normalized spacial score (nSPS) is 16.1. The molecule has 0 radical (unpaired) electrons. The van der Waals surface area contributed by atoms with E-state index in [4.69, 9.17) is 0 Å². The van der Waals surface area contributed by atoms with E-state index in [0.29, 0.717) is 17.8 Å². The van der Waals surface area contributed by atoms with Crippen molar-refractivity contribution < 1.29 is 9.72 Å². The zero-order valence-electron chi connectivity index (χ0n) is 9.00. The van der Waals surface area contributed by atoms with Gasteiger partial charge in [0.05, 0.1) is 10.6 Å². The minimum Gasteiger partial charge on any atom is -0.304 e. The van der Waals surface area contributed by atoms with Crippen molar-refractivity contribution in [2.45, 2.75) is 0 Å². The maximum Gasteiger partial charge on any atom is 0.265 e. The second kappa shape index (κ2) is 4.21. The second-order valence-electron chi connectivity index (χ2n) is 3.55. The number of rotatable bonds is 3. The van der Waals surface area contributed by atoms with E-state index in [1.807, 2.05) is 0 Å². The fraction of sp³-hybridized carbons (Fsp3) is 0.0833. The summed E-state index contributed by atoms with van der Waals surface area (Å²) < 4.78 is 0. The number of para-hydroxylation sites is 1. The maximum absolute atomic E-state index is 12.0. The third-order valence-electron chi connectivity index (χ3n) is 2.51. The molecule has 1 aliphatic heterocycles. The molecule has 0 aromatic heterocycles. The molecule has 2 rings (SSSR count). The first kappa shape index (κ1) is 11.1. The Morgan fingerprint density at radius 2 is 2.12 bits per heavy atom. The molecule has 1 amide bonds. The van der Waals surface area contributed by atoms with Gasteiger partial charge in [-0.2, -0.15) is 0 Å². The smallest absolute Gasteiger partial charge is 0.265 e. The van der Waals surface area contributed by atoms with Crippen molar-refractivity contribution in [3.8, 4) is 0 Å². The van der Waals surface area contributed by atoms with Crippen molar-refractivity contribution in [1.82, 2.24) is 0 Å². The van der Waals surface area contributed by atoms with Gasteiger partial charge in [-0.1, -0.05) is 24.3 Å². The van der Waals surface area contributed by atoms with E-state index in [-0.39, 0.29) is 11.5 Å². The monoisotopic (exact) mass is 230 g/mol. The van der Waals surface area contributed by atoms with Gasteiger partial charge >= 0.3 is 0 Å². The summed E-state index contributed by atoms with van der Waals surface area (Å²) >= 11 is 0. The van der Waals surface area contributed by atoms with Crippen molar-refractivity contribution in [2.75, 3.05) is 11.4 Å². The number of anilines is 1. The van der Waals surface area contributed by atoms with Crippen LogP contribution in [0.25, 0.3) is 5.57 Å². The molecule has 5 nitrogen and oxygen atoms in total. The first-order valence-electron chi connectivity index (χ1n) is 5.02. The van der Waals surface area contributed by atoms with Gasteiger partial charge in [0.25, 0.3) is 5.91 Å². The van der Waals surface area contributed by atoms with Crippen LogP contribution < -0.4 is 4.90 Å². The Labute approximate surface area is 97.8 Å². The average Bonchev–Trinajstić information content (AvgIpc) is 2.55. The van der Waals surface area contributed by atoms with E-state index < -0.39 is 4.92 Å². The van der Waals surface area contributed by atoms with Gasteiger partial charge in [-0.25, -0.2) is 0 Å². The number of benzene rings is 1. The zero-order chi connectivity index (χ0) is 12.4. The van der Waals surface area contributed by atoms with Gasteiger partial charge in [-0.3, -0.25) is 14.9 Å². The van der Waals surface area contributed by atoms with E-state index in [1.54, 1.807) is 30.3 Å². The summed E-state index contributed by atoms with van der Waals surface area (Å²) in [6.07, 6.45) is 2.34. The van der Waals surface area contributed by atoms with Crippen LogP contribution in [-0.4, -0.2) is 17.4 Å². The van der Waals surface area contributed by atoms with E-state index in [2.05, 4.69) is 6.58 Å². The first-order valence-corrected chi connectivity index (χ1v) is 5.02. The van der Waals surface area contributed by atoms with Crippen LogP contribution in [0.2, 0.25) is 0 Å². The molecule has 86 valence electrons. The molecular weight excluding hydrogens is 220 g/mol. The van der Waals surface area contributed by atoms with Crippen LogP contribution in [-0.2, 0) is 4.79 Å². The van der Waals surface area contributed by atoms with Crippen LogP contribution >= 0.6 is 0 Å². The van der Waals surface area contributed by atoms with Crippen molar-refractivity contribution in [2.24, 2.45) is 0 Å². The zero-order valence-corrected chi connectivity index (χ0v) is 9.00. The fourth-order valence-corrected chi connectivity index (χ4v) is 1.85. The van der Waals surface area contributed by atoms with Crippen LogP contribution in [0, 0.1) is 10.1 Å². The lowest BCUT2D eigenvalue weighted by molar-refractivity contribution is -0.401. The molecule has 0 bridgehead atoms. The summed E-state index contributed by atoms with van der Waals surface area (Å²) in [6, 6.07) is 7.00. The molecule has 1 aromatic rings. The number of hydrogen-bond acceptors (Lipinski definition) is 3. The van der Waals surface area contributed by atoms with Crippen LogP contribution in [0.5, 0.6) is 0 Å². The molecule has 0 saturated carbocycles. The number of nitrogens with zero attached hydrogens (tertiary/aromatic N) is 2. The van der Waals surface area contributed by atoms with E-state index >= 15 is 0 Å². The molecule has 0 N–H and O–H groups in total. The summed E-state index contributed by atoms with van der Waals surface area (Å²) in [7, 11) is 0. The van der Waals surface area contributed by atoms with Gasteiger partial charge in [0, 0.05) is 12.1 Å². The lowest BCUT2D eigenvalue weighted by Crippen LogP contribution is -2.26. The van der Waals surface area contributed by atoms with Gasteiger partial charge < -0.3 is 4.90 Å². The Hall–Kier alpha value is -2.43. The summed E-state index contributed by atoms with van der Waals surface area (Å²) in [6.45, 7) is 3.91. The molecule has 0 spiro atoms. The molecule has 17 heavy (non-hydrogen) atoms. The summed E-state index contributed by atoms with van der Waals surface area (Å²) in [5, 5.41) is 10.5. The predicted molar refractivity (Wildman–Crippen MR) is 64.0 cm³/mol. The molecule has 0 unspecified atom stereocenters. The van der Waals surface area contributed by atoms with Gasteiger partial charge in [0.1, 0.15) is 5.57 Å². The Balaban J connectivity index is 2.56. The van der Waals surface area contributed by atoms with Crippen LogP contribution in [0.15, 0.2) is 43.1 Å². The predicted octanol–water partition coefficient (Wildman–Crippen LogP) is 1.84. The Morgan fingerprint density at radius 3 is 2.76 bits per heavy atom. The van der Waals surface area contributed by atoms with Crippen molar-refractivity contribution in [3.05, 3.63) is 58.8 Å². The summed E-state index contributed by atoms with van der Waals surface area (Å²) in [4.78, 5) is 23.4. The molecular formula is C12H10N2O3. The van der Waals surface area contributed by atoms with E-state index in [1.165, 1.54) is 4.90 Å². The molecule has 0 saturated heterocycles. The number of fused-ring (bicyclic) bond motifs is 1. The Morgan fingerprint density at radius 1 is 1.41 bits per heavy atom. The average molecular weight is 230 g/mol. The van der Waals surface area contributed by atoms with Gasteiger partial charge in [-0.05, 0) is 6.07 Å². The highest BCUT2D eigenvalue weighted by Crippen LogP contribution is 2.36. The Bertz CT molecular complexity index is 534. The third kappa shape index (κ3) is 1.82. The largest absolute Gasteiger partial charge is 0.304 e. The fourth-order valence-electron chi connectivity index (χ4n) is 1.85. The summed E-state index contributed by atoms with van der Waals surface area (Å²) in [5.74, 6) is -0.359. The highest BCUT2D eigenvalue weighted by atomic mass is 16.6. The number of carbonyl (C=O) groups excluding carboxylic acids is 1. The maximum atomic E-state index is 12.0. The number of amides is 1. The highest BCUT2D eigenvalue weighted by molar-refractivity contribution is 6.32. The van der Waals surface area contributed by atoms with Gasteiger partial charge in [0.15, 0.2) is 0 Å². The van der Waals surface area contributed by atoms with Crippen molar-refractivity contribution in [3.63, 3.8) is 0 Å². The first-order chi connectivity index (χ1) is 8.15. The molecule has 0 fully saturated rings. The van der Waals surface area contributed by atoms with Crippen LogP contribution in [0.1, 0.15) is 5.56 Å². The van der Waals surface area contributed by atoms with Crippen molar-refractivity contribution >= 4 is 17.2 Å². The number of nitro groups is 1. The van der Waals surface area contributed by atoms with Gasteiger partial charge in [0.2, 0.25) is 6.20 Å². The topological polar surface area (TPSA) is 63.5 Å². The molecule has 1 aliphatic rings. The van der Waals surface area contributed by atoms with E-state index in [0.717, 1.165) is 6.20 Å². The Kier molecular flexibility index (Phi) is 2.74. The van der Waals surface area contributed by atoms with Crippen LogP contribution in [0.3, 0.4) is 0 Å². The minimum atomic E-state index is -0.610. The van der Waals surface area contributed by atoms with Crippen LogP contribution in [0.4, 0.5) is 5.69 Å². The van der Waals surface area contributed by atoms with Gasteiger partial charge in [-0.15, -0.1) is 6.58 Å². The highest BCUT2D eigenvalue weighted by Gasteiger charge is 2.33. The second-order valence-corrected chi connectivity index (χ2v) is 3.55. The summed E-state index contributed by atoms with van der Waals surface area (Å²) in [5.41, 5.74) is 1.40. The van der Waals surface area contributed by atoms with E-state index in [9.17, 15) is 14.9 Å².